The van der Waals surface area contributed by atoms with Crippen LogP contribution in [0.25, 0.3) is 21.9 Å². The molecule has 1 aromatic carbocycles. The predicted molar refractivity (Wildman–Crippen MR) is 45.9 cm³/mol. The number of H-pyrrole nitrogens is 1. The number of nitrogens with zero attached hydrogens (tertiary/aromatic N) is 1. The highest BCUT2D eigenvalue weighted by Crippen LogP contribution is 2.23. The first kappa shape index (κ1) is 5.83. The minimum absolute atomic E-state index is 0.906. The molecule has 0 fully saturated rings. The zero-order valence-corrected chi connectivity index (χ0v) is 6.24. The van der Waals surface area contributed by atoms with Gasteiger partial charge in [-0.1, -0.05) is 0 Å². The highest BCUT2D eigenvalue weighted by Gasteiger charge is 2.02. The van der Waals surface area contributed by atoms with Crippen LogP contribution in [0.4, 0.5) is 0 Å². The van der Waals surface area contributed by atoms with E-state index in [4.69, 9.17) is 4.42 Å². The maximum absolute atomic E-state index is 5.25. The van der Waals surface area contributed by atoms with Crippen molar-refractivity contribution in [3.63, 3.8) is 0 Å². The summed E-state index contributed by atoms with van der Waals surface area (Å²) in [6, 6.07) is 5.86. The average Bonchev–Trinajstić information content (AvgIpc) is 2.71. The summed E-state index contributed by atoms with van der Waals surface area (Å²) < 4.78 is 5.25. The Hall–Kier alpha value is -1.77. The molecule has 0 bridgehead atoms. The molecule has 0 aliphatic heterocycles. The van der Waals surface area contributed by atoms with Crippen molar-refractivity contribution >= 4 is 21.9 Å². The molecule has 3 heteroatoms. The standard InChI is InChI=1S/C9H6N2O/c1-2-9-6(3-4-12-9)7-5-10-11-8(1)7/h1-5H,(H,10,11). The molecule has 0 radical (unpaired) electrons. The van der Waals surface area contributed by atoms with E-state index in [0.717, 1.165) is 21.9 Å². The van der Waals surface area contributed by atoms with Gasteiger partial charge < -0.3 is 4.42 Å². The van der Waals surface area contributed by atoms with Crippen LogP contribution in [0, 0.1) is 0 Å². The molecule has 0 saturated heterocycles. The van der Waals surface area contributed by atoms with Crippen LogP contribution in [0.1, 0.15) is 0 Å². The van der Waals surface area contributed by atoms with Crippen LogP contribution in [0.5, 0.6) is 0 Å². The zero-order valence-electron chi connectivity index (χ0n) is 6.24. The van der Waals surface area contributed by atoms with Crippen molar-refractivity contribution in [1.29, 1.82) is 0 Å². The van der Waals surface area contributed by atoms with Crippen molar-refractivity contribution in [2.45, 2.75) is 0 Å². The van der Waals surface area contributed by atoms with Gasteiger partial charge in [-0.15, -0.1) is 0 Å². The fraction of sp³-hybridized carbons (Fsp3) is 0. The summed E-state index contributed by atoms with van der Waals surface area (Å²) in [6.07, 6.45) is 3.50. The SMILES string of the molecule is c1cc2c(ccc3[nH]ncc32)o1. The van der Waals surface area contributed by atoms with Crippen LogP contribution < -0.4 is 0 Å². The molecule has 1 N–H and O–H groups in total. The molecule has 0 unspecified atom stereocenters. The van der Waals surface area contributed by atoms with Crippen molar-refractivity contribution in [2.75, 3.05) is 0 Å². The van der Waals surface area contributed by atoms with Gasteiger partial charge in [0.1, 0.15) is 5.58 Å². The number of fused-ring (bicyclic) bond motifs is 3. The number of hydrogen-bond acceptors (Lipinski definition) is 2. The highest BCUT2D eigenvalue weighted by atomic mass is 16.3. The van der Waals surface area contributed by atoms with Gasteiger partial charge in [-0.25, -0.2) is 0 Å². The monoisotopic (exact) mass is 158 g/mol. The fourth-order valence-electron chi connectivity index (χ4n) is 1.47. The molecule has 2 aromatic heterocycles. The quantitative estimate of drug-likeness (QED) is 0.545. The first-order valence-corrected chi connectivity index (χ1v) is 3.74. The minimum atomic E-state index is 0.906. The van der Waals surface area contributed by atoms with Gasteiger partial charge in [0.05, 0.1) is 18.0 Å². The summed E-state index contributed by atoms with van der Waals surface area (Å²) in [7, 11) is 0. The molecule has 3 aromatic rings. The predicted octanol–water partition coefficient (Wildman–Crippen LogP) is 2.31. The van der Waals surface area contributed by atoms with E-state index in [1.807, 2.05) is 24.4 Å². The van der Waals surface area contributed by atoms with Crippen LogP contribution in [-0.4, -0.2) is 10.2 Å². The van der Waals surface area contributed by atoms with E-state index in [-0.39, 0.29) is 0 Å². The zero-order chi connectivity index (χ0) is 7.97. The van der Waals surface area contributed by atoms with Gasteiger partial charge in [0.2, 0.25) is 0 Å². The molecule has 0 aliphatic carbocycles. The van der Waals surface area contributed by atoms with E-state index < -0.39 is 0 Å². The summed E-state index contributed by atoms with van der Waals surface area (Å²) in [4.78, 5) is 0. The number of aromatic amines is 1. The van der Waals surface area contributed by atoms with Crippen molar-refractivity contribution in [3.05, 3.63) is 30.7 Å². The fourth-order valence-corrected chi connectivity index (χ4v) is 1.47. The Labute approximate surface area is 68.0 Å². The lowest BCUT2D eigenvalue weighted by Crippen LogP contribution is -1.67. The Bertz CT molecular complexity index is 486. The Balaban J connectivity index is 2.71. The van der Waals surface area contributed by atoms with Crippen molar-refractivity contribution < 1.29 is 4.42 Å². The number of hydrogen-bond donors (Lipinski definition) is 1. The van der Waals surface area contributed by atoms with Gasteiger partial charge in [0, 0.05) is 10.8 Å². The molecule has 0 spiro atoms. The molecule has 12 heavy (non-hydrogen) atoms. The maximum atomic E-state index is 5.25. The van der Waals surface area contributed by atoms with E-state index in [1.54, 1.807) is 6.26 Å². The van der Waals surface area contributed by atoms with Crippen molar-refractivity contribution in [2.24, 2.45) is 0 Å². The van der Waals surface area contributed by atoms with Crippen LogP contribution in [0.2, 0.25) is 0 Å². The Morgan fingerprint density at radius 1 is 1.17 bits per heavy atom. The molecular weight excluding hydrogens is 152 g/mol. The van der Waals surface area contributed by atoms with Crippen LogP contribution >= 0.6 is 0 Å². The molecule has 3 nitrogen and oxygen atoms in total. The Morgan fingerprint density at radius 2 is 2.17 bits per heavy atom. The number of rotatable bonds is 0. The number of furan rings is 1. The van der Waals surface area contributed by atoms with E-state index >= 15 is 0 Å². The van der Waals surface area contributed by atoms with Crippen molar-refractivity contribution in [1.82, 2.24) is 10.2 Å². The number of aromatic nitrogens is 2. The summed E-state index contributed by atoms with van der Waals surface area (Å²) in [5.41, 5.74) is 1.95. The highest BCUT2D eigenvalue weighted by molar-refractivity contribution is 6.03. The molecule has 0 atom stereocenters. The van der Waals surface area contributed by atoms with E-state index in [0.29, 0.717) is 0 Å². The molecule has 0 amide bonds. The molecule has 2 heterocycles. The molecule has 3 rings (SSSR count). The average molecular weight is 158 g/mol. The lowest BCUT2D eigenvalue weighted by molar-refractivity contribution is 0.616. The molecular formula is C9H6N2O. The Kier molecular flexibility index (Phi) is 0.913. The third kappa shape index (κ3) is 0.580. The van der Waals surface area contributed by atoms with Gasteiger partial charge >= 0.3 is 0 Å². The Morgan fingerprint density at radius 3 is 3.17 bits per heavy atom. The summed E-state index contributed by atoms with van der Waals surface area (Å²) in [6.45, 7) is 0. The van der Waals surface area contributed by atoms with E-state index in [9.17, 15) is 0 Å². The normalized spacial score (nSPS) is 11.3. The third-order valence-electron chi connectivity index (χ3n) is 2.06. The van der Waals surface area contributed by atoms with Gasteiger partial charge in [-0.2, -0.15) is 5.10 Å². The maximum Gasteiger partial charge on any atom is 0.134 e. The largest absolute Gasteiger partial charge is 0.464 e. The van der Waals surface area contributed by atoms with Crippen molar-refractivity contribution in [3.8, 4) is 0 Å². The second-order valence-corrected chi connectivity index (χ2v) is 2.73. The van der Waals surface area contributed by atoms with Crippen LogP contribution in [-0.2, 0) is 0 Å². The summed E-state index contributed by atoms with van der Waals surface area (Å²) >= 11 is 0. The van der Waals surface area contributed by atoms with E-state index in [2.05, 4.69) is 10.2 Å². The topological polar surface area (TPSA) is 41.8 Å². The second-order valence-electron chi connectivity index (χ2n) is 2.73. The first-order valence-electron chi connectivity index (χ1n) is 3.74. The van der Waals surface area contributed by atoms with Gasteiger partial charge in [-0.3, -0.25) is 5.10 Å². The van der Waals surface area contributed by atoms with Gasteiger partial charge in [0.25, 0.3) is 0 Å². The smallest absolute Gasteiger partial charge is 0.134 e. The first-order chi connectivity index (χ1) is 5.95. The minimum Gasteiger partial charge on any atom is -0.464 e. The van der Waals surface area contributed by atoms with E-state index in [1.165, 1.54) is 0 Å². The van der Waals surface area contributed by atoms with Crippen LogP contribution in [0.15, 0.2) is 35.1 Å². The molecule has 58 valence electrons. The lowest BCUT2D eigenvalue weighted by atomic mass is 10.2. The van der Waals surface area contributed by atoms with Gasteiger partial charge in [-0.05, 0) is 18.2 Å². The third-order valence-corrected chi connectivity index (χ3v) is 2.06. The molecule has 0 saturated carbocycles. The number of benzene rings is 1. The van der Waals surface area contributed by atoms with Gasteiger partial charge in [0.15, 0.2) is 0 Å². The number of nitrogens with one attached hydrogen (secondary N) is 1. The summed E-state index contributed by atoms with van der Waals surface area (Å²) in [5, 5.41) is 9.10. The second kappa shape index (κ2) is 1.88. The molecule has 0 aliphatic rings. The van der Waals surface area contributed by atoms with Crippen LogP contribution in [0.3, 0.4) is 0 Å². The summed E-state index contributed by atoms with van der Waals surface area (Å²) in [5.74, 6) is 0. The lowest BCUT2D eigenvalue weighted by Gasteiger charge is -1.88.